The molecule has 1 aromatic heterocycles. The number of hydrogen-bond donors (Lipinski definition) is 1. The van der Waals surface area contributed by atoms with E-state index in [-0.39, 0.29) is 5.76 Å². The molecule has 1 heterocycles. The van der Waals surface area contributed by atoms with Crippen LogP contribution in [0.25, 0.3) is 11.0 Å². The van der Waals surface area contributed by atoms with E-state index in [2.05, 4.69) is 0 Å². The van der Waals surface area contributed by atoms with Crippen LogP contribution in [-0.2, 0) is 0 Å². The Labute approximate surface area is 105 Å². The number of furan rings is 1. The van der Waals surface area contributed by atoms with Gasteiger partial charge in [0.25, 0.3) is 5.91 Å². The molecule has 0 spiro atoms. The van der Waals surface area contributed by atoms with E-state index < -0.39 is 18.6 Å². The Bertz CT molecular complexity index is 591. The minimum absolute atomic E-state index is 0.184. The van der Waals surface area contributed by atoms with Crippen LogP contribution in [0.1, 0.15) is 10.6 Å². The van der Waals surface area contributed by atoms with E-state index in [0.29, 0.717) is 16.0 Å². The van der Waals surface area contributed by atoms with E-state index in [9.17, 15) is 18.0 Å². The molecule has 0 bridgehead atoms. The largest absolute Gasteiger partial charge is 0.451 e. The van der Waals surface area contributed by atoms with Gasteiger partial charge in [-0.15, -0.1) is 0 Å². The summed E-state index contributed by atoms with van der Waals surface area (Å²) in [6.45, 7) is -1.40. The first kappa shape index (κ1) is 12.8. The molecule has 1 amide bonds. The molecule has 0 unspecified atom stereocenters. The topological polar surface area (TPSA) is 42.2 Å². The van der Waals surface area contributed by atoms with Crippen LogP contribution in [0.5, 0.6) is 0 Å². The lowest BCUT2D eigenvalue weighted by atomic mass is 10.2. The van der Waals surface area contributed by atoms with Crippen LogP contribution < -0.4 is 5.32 Å². The first-order chi connectivity index (χ1) is 8.35. The molecule has 96 valence electrons. The fraction of sp³-hybridized carbons (Fsp3) is 0.182. The molecule has 0 aliphatic carbocycles. The van der Waals surface area contributed by atoms with Gasteiger partial charge in [0.1, 0.15) is 12.1 Å². The van der Waals surface area contributed by atoms with Gasteiger partial charge in [0.2, 0.25) is 0 Å². The third-order valence-electron chi connectivity index (χ3n) is 2.15. The molecule has 2 rings (SSSR count). The number of hydrogen-bond acceptors (Lipinski definition) is 2. The number of benzene rings is 1. The van der Waals surface area contributed by atoms with Gasteiger partial charge in [-0.05, 0) is 24.3 Å². The van der Waals surface area contributed by atoms with Gasteiger partial charge in [0.05, 0.1) is 0 Å². The zero-order chi connectivity index (χ0) is 13.3. The van der Waals surface area contributed by atoms with Gasteiger partial charge >= 0.3 is 6.18 Å². The van der Waals surface area contributed by atoms with Crippen LogP contribution in [-0.4, -0.2) is 18.6 Å². The fourth-order valence-electron chi connectivity index (χ4n) is 1.39. The Morgan fingerprint density at radius 3 is 2.72 bits per heavy atom. The number of amides is 1. The summed E-state index contributed by atoms with van der Waals surface area (Å²) in [5.41, 5.74) is 0.386. The molecule has 0 fully saturated rings. The Kier molecular flexibility index (Phi) is 3.21. The summed E-state index contributed by atoms with van der Waals surface area (Å²) in [7, 11) is 0. The van der Waals surface area contributed by atoms with E-state index in [1.165, 1.54) is 12.1 Å². The molecule has 1 aromatic carbocycles. The molecule has 0 radical (unpaired) electrons. The summed E-state index contributed by atoms with van der Waals surface area (Å²) in [6.07, 6.45) is -4.45. The second-order valence-corrected chi connectivity index (χ2v) is 4.03. The Balaban J connectivity index is 2.18. The highest BCUT2D eigenvalue weighted by Crippen LogP contribution is 2.23. The maximum atomic E-state index is 11.9. The highest BCUT2D eigenvalue weighted by Gasteiger charge is 2.28. The lowest BCUT2D eigenvalue weighted by molar-refractivity contribution is -0.123. The van der Waals surface area contributed by atoms with Crippen molar-refractivity contribution in [3.63, 3.8) is 0 Å². The first-order valence-corrected chi connectivity index (χ1v) is 5.27. The van der Waals surface area contributed by atoms with Gasteiger partial charge in [-0.3, -0.25) is 4.79 Å². The number of alkyl halides is 3. The van der Waals surface area contributed by atoms with Crippen LogP contribution in [0.4, 0.5) is 13.2 Å². The molecule has 1 N–H and O–H groups in total. The van der Waals surface area contributed by atoms with Crippen LogP contribution >= 0.6 is 11.6 Å². The molecule has 0 saturated heterocycles. The zero-order valence-corrected chi connectivity index (χ0v) is 9.60. The number of carbonyl (C=O) groups excluding carboxylic acids is 1. The highest BCUT2D eigenvalue weighted by molar-refractivity contribution is 6.31. The van der Waals surface area contributed by atoms with Crippen molar-refractivity contribution in [1.82, 2.24) is 5.32 Å². The molecular formula is C11H7ClF3NO2. The van der Waals surface area contributed by atoms with E-state index >= 15 is 0 Å². The van der Waals surface area contributed by atoms with Crippen molar-refractivity contribution in [2.45, 2.75) is 6.18 Å². The Morgan fingerprint density at radius 2 is 2.06 bits per heavy atom. The number of halogens is 4. The third kappa shape index (κ3) is 2.95. The van der Waals surface area contributed by atoms with E-state index in [1.54, 1.807) is 17.4 Å². The summed E-state index contributed by atoms with van der Waals surface area (Å²) in [5, 5.41) is 2.73. The fourth-order valence-corrected chi connectivity index (χ4v) is 1.57. The lowest BCUT2D eigenvalue weighted by Gasteiger charge is -2.06. The SMILES string of the molecule is O=C(NCC(F)(F)F)c1cc2cc(Cl)ccc2o1. The van der Waals surface area contributed by atoms with Crippen molar-refractivity contribution in [1.29, 1.82) is 0 Å². The molecule has 0 aliphatic heterocycles. The summed E-state index contributed by atoms with van der Waals surface area (Å²) in [4.78, 5) is 11.4. The molecular weight excluding hydrogens is 271 g/mol. The van der Waals surface area contributed by atoms with Crippen LogP contribution in [0.15, 0.2) is 28.7 Å². The zero-order valence-electron chi connectivity index (χ0n) is 8.84. The van der Waals surface area contributed by atoms with Gasteiger partial charge in [-0.25, -0.2) is 0 Å². The van der Waals surface area contributed by atoms with Crippen molar-refractivity contribution in [3.05, 3.63) is 35.0 Å². The number of nitrogens with one attached hydrogen (secondary N) is 1. The van der Waals surface area contributed by atoms with Crippen molar-refractivity contribution >= 4 is 28.5 Å². The quantitative estimate of drug-likeness (QED) is 0.914. The summed E-state index contributed by atoms with van der Waals surface area (Å²) < 4.78 is 40.9. The van der Waals surface area contributed by atoms with Gasteiger partial charge in [-0.1, -0.05) is 11.6 Å². The van der Waals surface area contributed by atoms with Gasteiger partial charge in [0.15, 0.2) is 5.76 Å². The van der Waals surface area contributed by atoms with Gasteiger partial charge in [0, 0.05) is 10.4 Å². The summed E-state index contributed by atoms with van der Waals surface area (Å²) in [5.74, 6) is -1.10. The Morgan fingerprint density at radius 1 is 1.33 bits per heavy atom. The monoisotopic (exact) mass is 277 g/mol. The standard InChI is InChI=1S/C11H7ClF3NO2/c12-7-1-2-8-6(3-7)4-9(18-8)10(17)16-5-11(13,14)15/h1-4H,5H2,(H,16,17). The minimum atomic E-state index is -4.45. The second-order valence-electron chi connectivity index (χ2n) is 3.59. The minimum Gasteiger partial charge on any atom is -0.451 e. The number of rotatable bonds is 2. The van der Waals surface area contributed by atoms with Crippen molar-refractivity contribution < 1.29 is 22.4 Å². The third-order valence-corrected chi connectivity index (χ3v) is 2.39. The molecule has 0 saturated carbocycles. The van der Waals surface area contributed by atoms with Crippen LogP contribution in [0.2, 0.25) is 5.02 Å². The van der Waals surface area contributed by atoms with E-state index in [4.69, 9.17) is 16.0 Å². The number of carbonyl (C=O) groups is 1. The molecule has 2 aromatic rings. The van der Waals surface area contributed by atoms with Crippen molar-refractivity contribution in [3.8, 4) is 0 Å². The lowest BCUT2D eigenvalue weighted by Crippen LogP contribution is -2.33. The number of fused-ring (bicyclic) bond motifs is 1. The highest BCUT2D eigenvalue weighted by atomic mass is 35.5. The smallest absolute Gasteiger partial charge is 0.405 e. The van der Waals surface area contributed by atoms with Crippen LogP contribution in [0.3, 0.4) is 0 Å². The Hall–Kier alpha value is -1.69. The molecule has 0 aliphatic rings. The maximum absolute atomic E-state index is 11.9. The molecule has 18 heavy (non-hydrogen) atoms. The average Bonchev–Trinajstić information content (AvgIpc) is 2.67. The van der Waals surface area contributed by atoms with Crippen molar-refractivity contribution in [2.24, 2.45) is 0 Å². The van der Waals surface area contributed by atoms with Crippen molar-refractivity contribution in [2.75, 3.05) is 6.54 Å². The van der Waals surface area contributed by atoms with Gasteiger partial charge in [-0.2, -0.15) is 13.2 Å². The van der Waals surface area contributed by atoms with Crippen LogP contribution in [0, 0.1) is 0 Å². The second kappa shape index (κ2) is 4.53. The molecule has 0 atom stereocenters. The predicted molar refractivity (Wildman–Crippen MR) is 59.6 cm³/mol. The van der Waals surface area contributed by atoms with E-state index in [0.717, 1.165) is 0 Å². The normalized spacial score (nSPS) is 11.8. The molecule has 7 heteroatoms. The molecule has 3 nitrogen and oxygen atoms in total. The van der Waals surface area contributed by atoms with E-state index in [1.807, 2.05) is 0 Å². The van der Waals surface area contributed by atoms with Gasteiger partial charge < -0.3 is 9.73 Å². The predicted octanol–water partition coefficient (Wildman–Crippen LogP) is 3.38. The summed E-state index contributed by atoms with van der Waals surface area (Å²) >= 11 is 5.74. The average molecular weight is 278 g/mol. The first-order valence-electron chi connectivity index (χ1n) is 4.89. The summed E-state index contributed by atoms with van der Waals surface area (Å²) in [6, 6.07) is 6.00. The maximum Gasteiger partial charge on any atom is 0.405 e.